The summed E-state index contributed by atoms with van der Waals surface area (Å²) in [7, 11) is 0. The molecule has 1 heterocycles. The second kappa shape index (κ2) is 29.8. The Morgan fingerprint density at radius 2 is 1.08 bits per heavy atom. The summed E-state index contributed by atoms with van der Waals surface area (Å²) in [5.74, 6) is -0.259. The first kappa shape index (κ1) is 45.2. The Hall–Kier alpha value is -0.850. The van der Waals surface area contributed by atoms with Crippen LogP contribution in [0.5, 0.6) is 0 Å². The van der Waals surface area contributed by atoms with Gasteiger partial charge in [0.15, 0.2) is 6.29 Å². The van der Waals surface area contributed by atoms with Crippen LogP contribution in [0.15, 0.2) is 0 Å². The molecule has 0 aromatic rings. The maximum Gasteiger partial charge on any atom is 0.220 e. The predicted octanol–water partition coefficient (Wildman–Crippen LogP) is 5.80. The number of hydrogen-bond donors (Lipinski definition) is 7. The molecule has 1 rings (SSSR count). The lowest BCUT2D eigenvalue weighted by atomic mass is 9.98. The molecule has 0 bridgehead atoms. The number of hydrogen-bond acceptors (Lipinski definition) is 9. The van der Waals surface area contributed by atoms with E-state index in [4.69, 9.17) is 9.47 Å². The van der Waals surface area contributed by atoms with Crippen LogP contribution in [0.1, 0.15) is 174 Å². The summed E-state index contributed by atoms with van der Waals surface area (Å²) in [6.45, 7) is 3.56. The number of aliphatic hydroxyl groups is 6. The molecule has 0 aromatic heterocycles. The van der Waals surface area contributed by atoms with E-state index in [0.29, 0.717) is 6.42 Å². The van der Waals surface area contributed by atoms with Gasteiger partial charge in [0.2, 0.25) is 5.91 Å². The molecule has 0 aliphatic carbocycles. The molecule has 0 radical (unpaired) electrons. The van der Waals surface area contributed by atoms with Gasteiger partial charge in [-0.05, 0) is 12.8 Å². The van der Waals surface area contributed by atoms with Gasteiger partial charge in [0.05, 0.1) is 25.4 Å². The Labute approximate surface area is 292 Å². The van der Waals surface area contributed by atoms with Crippen LogP contribution in [-0.2, 0) is 14.3 Å². The van der Waals surface area contributed by atoms with Gasteiger partial charge in [-0.25, -0.2) is 0 Å². The summed E-state index contributed by atoms with van der Waals surface area (Å²) in [5, 5.41) is 64.7. The van der Waals surface area contributed by atoms with Gasteiger partial charge in [-0.3, -0.25) is 4.79 Å². The highest BCUT2D eigenvalue weighted by Gasteiger charge is 2.44. The van der Waals surface area contributed by atoms with Crippen molar-refractivity contribution >= 4 is 5.91 Å². The molecule has 0 spiro atoms. The Kier molecular flexibility index (Phi) is 28.1. The maximum absolute atomic E-state index is 12.9. The summed E-state index contributed by atoms with van der Waals surface area (Å²) in [6, 6.07) is -0.981. The molecule has 10 nitrogen and oxygen atoms in total. The molecule has 10 heteroatoms. The third-order valence-electron chi connectivity index (χ3n) is 9.80. The molecule has 1 saturated heterocycles. The zero-order chi connectivity index (χ0) is 35.4. The van der Waals surface area contributed by atoms with Crippen molar-refractivity contribution in [1.82, 2.24) is 5.32 Å². The van der Waals surface area contributed by atoms with Crippen molar-refractivity contribution in [2.24, 2.45) is 0 Å². The zero-order valence-electron chi connectivity index (χ0n) is 30.6. The van der Waals surface area contributed by atoms with Crippen molar-refractivity contribution in [3.63, 3.8) is 0 Å². The average Bonchev–Trinajstić information content (AvgIpc) is 3.08. The monoisotopic (exact) mass is 690 g/mol. The lowest BCUT2D eigenvalue weighted by Gasteiger charge is -2.40. The molecular formula is C38H75NO9. The van der Waals surface area contributed by atoms with E-state index in [1.54, 1.807) is 0 Å². The van der Waals surface area contributed by atoms with Crippen LogP contribution in [0.2, 0.25) is 0 Å². The maximum atomic E-state index is 12.9. The summed E-state index contributed by atoms with van der Waals surface area (Å²) in [4.78, 5) is 12.9. The molecular weight excluding hydrogens is 614 g/mol. The Bertz CT molecular complexity index is 743. The number of unbranched alkanes of at least 4 members (excludes halogenated alkanes) is 21. The minimum absolute atomic E-state index is 0.259. The molecule has 48 heavy (non-hydrogen) atoms. The van der Waals surface area contributed by atoms with Crippen molar-refractivity contribution in [2.75, 3.05) is 13.2 Å². The molecule has 1 fully saturated rings. The van der Waals surface area contributed by atoms with Crippen LogP contribution in [0, 0.1) is 0 Å². The normalized spacial score (nSPS) is 23.2. The summed E-state index contributed by atoms with van der Waals surface area (Å²) in [5.41, 5.74) is 0. The first-order valence-corrected chi connectivity index (χ1v) is 19.8. The van der Waals surface area contributed by atoms with E-state index in [0.717, 1.165) is 51.4 Å². The van der Waals surface area contributed by atoms with Gasteiger partial charge in [0.1, 0.15) is 30.5 Å². The standard InChI is InChI=1S/C38H75NO9/c1-3-5-7-9-11-13-14-15-16-17-19-21-23-25-27-33(42)39-30(29-47-38-37(46)36(45)35(44)32(28-40)48-38)34(43)31(41)26-24-22-20-18-12-10-8-6-4-2/h30-32,34-38,40-41,43-46H,3-29H2,1-2H3,(H,39,42)/t30-,31+,32+,34-,35-,36?,37?,38+/m0/s1. The smallest absolute Gasteiger partial charge is 0.220 e. The molecule has 0 aromatic carbocycles. The van der Waals surface area contributed by atoms with E-state index in [-0.39, 0.29) is 18.9 Å². The van der Waals surface area contributed by atoms with Gasteiger partial charge < -0.3 is 45.4 Å². The number of nitrogens with one attached hydrogen (secondary N) is 1. The molecule has 2 unspecified atom stereocenters. The minimum atomic E-state index is -1.60. The summed E-state index contributed by atoms with van der Waals surface area (Å²) < 4.78 is 11.1. The highest BCUT2D eigenvalue weighted by Crippen LogP contribution is 2.23. The predicted molar refractivity (Wildman–Crippen MR) is 190 cm³/mol. The van der Waals surface area contributed by atoms with Crippen LogP contribution in [0.4, 0.5) is 0 Å². The van der Waals surface area contributed by atoms with Crippen LogP contribution < -0.4 is 5.32 Å². The van der Waals surface area contributed by atoms with Gasteiger partial charge >= 0.3 is 0 Å². The largest absolute Gasteiger partial charge is 0.394 e. The SMILES string of the molecule is CCCCCCCCCCCCCCCCC(=O)N[C@@H](CO[C@@H]1O[C@H](CO)[C@H](O)C(O)C1O)[C@H](O)[C@H](O)CCCCCCCCCCC. The van der Waals surface area contributed by atoms with E-state index < -0.39 is 55.6 Å². The minimum Gasteiger partial charge on any atom is -0.394 e. The Morgan fingerprint density at radius 1 is 0.646 bits per heavy atom. The molecule has 1 aliphatic rings. The van der Waals surface area contributed by atoms with Gasteiger partial charge in [-0.1, -0.05) is 155 Å². The third-order valence-corrected chi connectivity index (χ3v) is 9.80. The van der Waals surface area contributed by atoms with E-state index in [2.05, 4.69) is 19.2 Å². The van der Waals surface area contributed by atoms with Crippen molar-refractivity contribution in [1.29, 1.82) is 0 Å². The van der Waals surface area contributed by atoms with Crippen LogP contribution in [0.3, 0.4) is 0 Å². The van der Waals surface area contributed by atoms with E-state index in [1.165, 1.54) is 96.3 Å². The van der Waals surface area contributed by atoms with Crippen molar-refractivity contribution in [2.45, 2.75) is 223 Å². The Morgan fingerprint density at radius 3 is 1.54 bits per heavy atom. The number of aliphatic hydroxyl groups excluding tert-OH is 6. The molecule has 0 saturated carbocycles. The average molecular weight is 690 g/mol. The van der Waals surface area contributed by atoms with Crippen molar-refractivity contribution in [3.8, 4) is 0 Å². The van der Waals surface area contributed by atoms with Gasteiger partial charge in [-0.15, -0.1) is 0 Å². The molecule has 1 aliphatic heterocycles. The quantitative estimate of drug-likeness (QED) is 0.0432. The molecule has 8 atom stereocenters. The van der Waals surface area contributed by atoms with Crippen LogP contribution >= 0.6 is 0 Å². The number of carbonyl (C=O) groups excluding carboxylic acids is 1. The topological polar surface area (TPSA) is 169 Å². The number of carbonyl (C=O) groups is 1. The first-order chi connectivity index (χ1) is 23.3. The highest BCUT2D eigenvalue weighted by molar-refractivity contribution is 5.76. The van der Waals surface area contributed by atoms with Gasteiger partial charge in [-0.2, -0.15) is 0 Å². The number of amides is 1. The number of rotatable bonds is 32. The van der Waals surface area contributed by atoms with Gasteiger partial charge in [0.25, 0.3) is 0 Å². The van der Waals surface area contributed by atoms with E-state index in [1.807, 2.05) is 0 Å². The fourth-order valence-corrected chi connectivity index (χ4v) is 6.49. The summed E-state index contributed by atoms with van der Waals surface area (Å²) >= 11 is 0. The number of ether oxygens (including phenoxy) is 2. The van der Waals surface area contributed by atoms with Crippen LogP contribution in [-0.4, -0.2) is 98.7 Å². The fourth-order valence-electron chi connectivity index (χ4n) is 6.49. The highest BCUT2D eigenvalue weighted by atomic mass is 16.7. The zero-order valence-corrected chi connectivity index (χ0v) is 30.6. The molecule has 286 valence electrons. The fraction of sp³-hybridized carbons (Fsp3) is 0.974. The third kappa shape index (κ3) is 20.7. The van der Waals surface area contributed by atoms with E-state index >= 15 is 0 Å². The van der Waals surface area contributed by atoms with Gasteiger partial charge in [0, 0.05) is 6.42 Å². The van der Waals surface area contributed by atoms with E-state index in [9.17, 15) is 35.4 Å². The molecule has 1 amide bonds. The lowest BCUT2D eigenvalue weighted by molar-refractivity contribution is -0.303. The lowest BCUT2D eigenvalue weighted by Crippen LogP contribution is -2.60. The van der Waals surface area contributed by atoms with Crippen molar-refractivity contribution < 1.29 is 44.9 Å². The summed E-state index contributed by atoms with van der Waals surface area (Å²) in [6.07, 6.45) is 18.3. The molecule has 7 N–H and O–H groups in total. The Balaban J connectivity index is 2.46. The second-order valence-electron chi connectivity index (χ2n) is 14.2. The second-order valence-corrected chi connectivity index (χ2v) is 14.2. The first-order valence-electron chi connectivity index (χ1n) is 19.8. The van der Waals surface area contributed by atoms with Crippen LogP contribution in [0.25, 0.3) is 0 Å². The van der Waals surface area contributed by atoms with Crippen molar-refractivity contribution in [3.05, 3.63) is 0 Å².